The molecule has 2 heterocycles. The Labute approximate surface area is 132 Å². The zero-order chi connectivity index (χ0) is 14.9. The summed E-state index contributed by atoms with van der Waals surface area (Å²) in [5.41, 5.74) is 3.16. The molecule has 1 aromatic heterocycles. The highest BCUT2D eigenvalue weighted by atomic mass is 35.5. The second-order valence-corrected chi connectivity index (χ2v) is 5.45. The van der Waals surface area contributed by atoms with Crippen LogP contribution < -0.4 is 5.32 Å². The number of rotatable bonds is 2. The quantitative estimate of drug-likeness (QED) is 0.788. The molecule has 0 unspecified atom stereocenters. The van der Waals surface area contributed by atoms with E-state index in [1.165, 1.54) is 0 Å². The number of halogens is 1. The van der Waals surface area contributed by atoms with E-state index in [1.54, 1.807) is 4.68 Å². The summed E-state index contributed by atoms with van der Waals surface area (Å²) >= 11 is 5.98. The maximum atomic E-state index is 5.98. The molecule has 0 radical (unpaired) electrons. The Morgan fingerprint density at radius 2 is 1.77 bits per heavy atom. The molecule has 1 aliphatic heterocycles. The van der Waals surface area contributed by atoms with Crippen molar-refractivity contribution in [3.63, 3.8) is 0 Å². The van der Waals surface area contributed by atoms with E-state index in [0.29, 0.717) is 11.0 Å². The number of allylic oxidation sites excluding steroid dienone is 1. The van der Waals surface area contributed by atoms with Gasteiger partial charge in [-0.15, -0.1) is 0 Å². The van der Waals surface area contributed by atoms with Gasteiger partial charge < -0.3 is 5.32 Å². The second kappa shape index (κ2) is 5.27. The van der Waals surface area contributed by atoms with Crippen LogP contribution in [0.15, 0.2) is 60.7 Å². The number of hydrogen-bond acceptors (Lipinski definition) is 4. The molecule has 1 N–H and O–H groups in total. The molecule has 0 spiro atoms. The van der Waals surface area contributed by atoms with Crippen LogP contribution in [0.2, 0.25) is 5.02 Å². The average Bonchev–Trinajstić information content (AvgIpc) is 3.04. The van der Waals surface area contributed by atoms with Crippen molar-refractivity contribution >= 4 is 23.2 Å². The lowest BCUT2D eigenvalue weighted by Gasteiger charge is -2.23. The first-order valence-electron chi connectivity index (χ1n) is 6.89. The van der Waals surface area contributed by atoms with E-state index >= 15 is 0 Å². The van der Waals surface area contributed by atoms with Crippen molar-refractivity contribution in [1.29, 1.82) is 0 Å². The van der Waals surface area contributed by atoms with E-state index in [1.807, 2.05) is 42.5 Å². The minimum atomic E-state index is -0.0706. The largest absolute Gasteiger partial charge is 0.323 e. The van der Waals surface area contributed by atoms with E-state index in [0.717, 1.165) is 16.8 Å². The lowest BCUT2D eigenvalue weighted by Crippen LogP contribution is -2.20. The van der Waals surface area contributed by atoms with Gasteiger partial charge >= 0.3 is 0 Å². The van der Waals surface area contributed by atoms with Crippen LogP contribution in [0.25, 0.3) is 5.70 Å². The van der Waals surface area contributed by atoms with Crippen LogP contribution in [0.5, 0.6) is 0 Å². The lowest BCUT2D eigenvalue weighted by molar-refractivity contribution is 0.586. The van der Waals surface area contributed by atoms with E-state index in [2.05, 4.69) is 39.1 Å². The molecular formula is C16H12ClN5. The number of nitrogens with zero attached hydrogens (tertiary/aromatic N) is 4. The molecule has 6 heteroatoms. The SMILES string of the molecule is Clc1ccc([C@@H]2C=C(c3ccccc3)Nc3nnnn32)cc1. The Hall–Kier alpha value is -2.66. The predicted molar refractivity (Wildman–Crippen MR) is 85.4 cm³/mol. The zero-order valence-corrected chi connectivity index (χ0v) is 12.3. The molecule has 0 aliphatic carbocycles. The fourth-order valence-corrected chi connectivity index (χ4v) is 2.66. The number of tetrazole rings is 1. The molecule has 22 heavy (non-hydrogen) atoms. The van der Waals surface area contributed by atoms with Gasteiger partial charge in [0, 0.05) is 10.7 Å². The molecule has 1 atom stereocenters. The Morgan fingerprint density at radius 1 is 1.00 bits per heavy atom. The Balaban J connectivity index is 1.81. The van der Waals surface area contributed by atoms with Crippen LogP contribution in [-0.4, -0.2) is 20.2 Å². The Bertz CT molecular complexity index is 823. The third-order valence-electron chi connectivity index (χ3n) is 3.62. The molecule has 0 fully saturated rings. The maximum Gasteiger partial charge on any atom is 0.248 e. The first kappa shape index (κ1) is 13.0. The summed E-state index contributed by atoms with van der Waals surface area (Å²) in [6.45, 7) is 0. The summed E-state index contributed by atoms with van der Waals surface area (Å²) in [7, 11) is 0. The molecular weight excluding hydrogens is 298 g/mol. The molecule has 3 aromatic rings. The van der Waals surface area contributed by atoms with Crippen LogP contribution in [0.1, 0.15) is 17.2 Å². The summed E-state index contributed by atoms with van der Waals surface area (Å²) in [6.07, 6.45) is 2.11. The minimum Gasteiger partial charge on any atom is -0.323 e. The highest BCUT2D eigenvalue weighted by Gasteiger charge is 2.24. The van der Waals surface area contributed by atoms with Crippen LogP contribution in [-0.2, 0) is 0 Å². The van der Waals surface area contributed by atoms with E-state index in [4.69, 9.17) is 11.6 Å². The molecule has 1 aliphatic rings. The van der Waals surface area contributed by atoms with Crippen LogP contribution in [0, 0.1) is 0 Å². The van der Waals surface area contributed by atoms with Crippen molar-refractivity contribution in [2.75, 3.05) is 5.32 Å². The standard InChI is InChI=1S/C16H12ClN5/c17-13-8-6-12(7-9-13)15-10-14(11-4-2-1-3-5-11)18-16-19-20-21-22(15)16/h1-10,15H,(H,18,19,21)/t15-/m0/s1. The third kappa shape index (κ3) is 2.25. The van der Waals surface area contributed by atoms with Gasteiger partial charge in [0.2, 0.25) is 5.95 Å². The smallest absolute Gasteiger partial charge is 0.248 e. The first-order chi connectivity index (χ1) is 10.8. The summed E-state index contributed by atoms with van der Waals surface area (Å²) in [4.78, 5) is 0. The number of fused-ring (bicyclic) bond motifs is 1. The van der Waals surface area contributed by atoms with E-state index < -0.39 is 0 Å². The number of nitrogens with one attached hydrogen (secondary N) is 1. The lowest BCUT2D eigenvalue weighted by atomic mass is 10.0. The molecule has 0 bridgehead atoms. The van der Waals surface area contributed by atoms with Gasteiger partial charge in [0.1, 0.15) is 6.04 Å². The van der Waals surface area contributed by atoms with Crippen molar-refractivity contribution in [1.82, 2.24) is 20.2 Å². The highest BCUT2D eigenvalue weighted by Crippen LogP contribution is 2.31. The predicted octanol–water partition coefficient (Wildman–Crippen LogP) is 3.38. The Morgan fingerprint density at radius 3 is 2.55 bits per heavy atom. The van der Waals surface area contributed by atoms with Gasteiger partial charge in [-0.2, -0.15) is 4.68 Å². The molecule has 5 nitrogen and oxygen atoms in total. The maximum absolute atomic E-state index is 5.98. The van der Waals surface area contributed by atoms with Crippen molar-refractivity contribution < 1.29 is 0 Å². The highest BCUT2D eigenvalue weighted by molar-refractivity contribution is 6.30. The zero-order valence-electron chi connectivity index (χ0n) is 11.5. The van der Waals surface area contributed by atoms with Gasteiger partial charge in [-0.3, -0.25) is 0 Å². The van der Waals surface area contributed by atoms with Crippen molar-refractivity contribution in [2.45, 2.75) is 6.04 Å². The van der Waals surface area contributed by atoms with Gasteiger partial charge in [0.05, 0.1) is 0 Å². The second-order valence-electron chi connectivity index (χ2n) is 5.01. The monoisotopic (exact) mass is 309 g/mol. The molecule has 0 amide bonds. The van der Waals surface area contributed by atoms with Crippen molar-refractivity contribution in [3.8, 4) is 0 Å². The normalized spacial score (nSPS) is 16.6. The summed E-state index contributed by atoms with van der Waals surface area (Å²) in [5.74, 6) is 0.626. The summed E-state index contributed by atoms with van der Waals surface area (Å²) < 4.78 is 1.76. The fourth-order valence-electron chi connectivity index (χ4n) is 2.54. The first-order valence-corrected chi connectivity index (χ1v) is 7.27. The molecule has 0 saturated heterocycles. The average molecular weight is 310 g/mol. The number of hydrogen-bond donors (Lipinski definition) is 1. The van der Waals surface area contributed by atoms with Crippen molar-refractivity contribution in [2.24, 2.45) is 0 Å². The van der Waals surface area contributed by atoms with E-state index in [9.17, 15) is 0 Å². The topological polar surface area (TPSA) is 55.6 Å². The number of aromatic nitrogens is 4. The number of benzene rings is 2. The third-order valence-corrected chi connectivity index (χ3v) is 3.88. The van der Waals surface area contributed by atoms with Gasteiger partial charge in [-0.1, -0.05) is 59.2 Å². The van der Waals surface area contributed by atoms with Gasteiger partial charge in [-0.25, -0.2) is 0 Å². The van der Waals surface area contributed by atoms with Crippen LogP contribution in [0.3, 0.4) is 0 Å². The van der Waals surface area contributed by atoms with Gasteiger partial charge in [0.15, 0.2) is 0 Å². The minimum absolute atomic E-state index is 0.0706. The molecule has 0 saturated carbocycles. The van der Waals surface area contributed by atoms with Crippen molar-refractivity contribution in [3.05, 3.63) is 76.8 Å². The van der Waals surface area contributed by atoms with Crippen LogP contribution >= 0.6 is 11.6 Å². The molecule has 4 rings (SSSR count). The Kier molecular flexibility index (Phi) is 3.12. The summed E-state index contributed by atoms with van der Waals surface area (Å²) in [6, 6.07) is 17.8. The van der Waals surface area contributed by atoms with Gasteiger partial charge in [0.25, 0.3) is 0 Å². The molecule has 2 aromatic carbocycles. The number of anilines is 1. The fraction of sp³-hybridized carbons (Fsp3) is 0.0625. The van der Waals surface area contributed by atoms with Crippen LogP contribution in [0.4, 0.5) is 5.95 Å². The van der Waals surface area contributed by atoms with Gasteiger partial charge in [-0.05, 0) is 39.8 Å². The van der Waals surface area contributed by atoms with E-state index in [-0.39, 0.29) is 6.04 Å². The molecule has 108 valence electrons. The summed E-state index contributed by atoms with van der Waals surface area (Å²) in [5, 5.41) is 15.9.